The zero-order valence-corrected chi connectivity index (χ0v) is 14.0. The quantitative estimate of drug-likeness (QED) is 0.250. The van der Waals surface area contributed by atoms with Gasteiger partial charge in [0.1, 0.15) is 0 Å². The molecule has 0 amide bonds. The molecule has 0 heterocycles. The van der Waals surface area contributed by atoms with Crippen LogP contribution in [0.5, 0.6) is 0 Å². The van der Waals surface area contributed by atoms with E-state index in [4.69, 9.17) is 0 Å². The van der Waals surface area contributed by atoms with Gasteiger partial charge in [-0.25, -0.2) is 0 Å². The highest BCUT2D eigenvalue weighted by Gasteiger charge is 2.90. The standard InChI is InChI=1S/C14H17F13/c1-3-4-5-6-7-8(2)9(15,16)10(17,18)11(19,20)12(21,22)13(23,24)14(25,26)27/h8H,3-7H2,1-2H3. The summed E-state index contributed by atoms with van der Waals surface area (Å²) in [6.45, 7) is 1.98. The van der Waals surface area contributed by atoms with Crippen LogP contribution in [0.2, 0.25) is 0 Å². The Hall–Kier alpha value is -0.910. The first kappa shape index (κ1) is 26.1. The molecule has 0 aliphatic carbocycles. The first-order chi connectivity index (χ1) is 11.7. The van der Waals surface area contributed by atoms with Gasteiger partial charge in [-0.05, 0) is 6.42 Å². The van der Waals surface area contributed by atoms with E-state index in [1.54, 1.807) is 6.92 Å². The second kappa shape index (κ2) is 7.84. The highest BCUT2D eigenvalue weighted by atomic mass is 19.4. The van der Waals surface area contributed by atoms with Crippen molar-refractivity contribution in [2.24, 2.45) is 5.92 Å². The average molecular weight is 432 g/mol. The Balaban J connectivity index is 5.87. The lowest BCUT2D eigenvalue weighted by molar-refractivity contribution is -0.443. The fourth-order valence-electron chi connectivity index (χ4n) is 2.15. The number of alkyl halides is 13. The molecule has 0 saturated heterocycles. The molecule has 27 heavy (non-hydrogen) atoms. The molecular formula is C14H17F13. The monoisotopic (exact) mass is 432 g/mol. The van der Waals surface area contributed by atoms with E-state index in [-0.39, 0.29) is 19.8 Å². The van der Waals surface area contributed by atoms with E-state index in [2.05, 4.69) is 0 Å². The van der Waals surface area contributed by atoms with Gasteiger partial charge in [0.25, 0.3) is 0 Å². The van der Waals surface area contributed by atoms with Crippen molar-refractivity contribution < 1.29 is 57.1 Å². The Kier molecular flexibility index (Phi) is 7.58. The van der Waals surface area contributed by atoms with Crippen LogP contribution in [-0.4, -0.2) is 35.8 Å². The molecule has 0 saturated carbocycles. The molecule has 0 radical (unpaired) electrons. The van der Waals surface area contributed by atoms with Crippen molar-refractivity contribution in [2.75, 3.05) is 0 Å². The van der Waals surface area contributed by atoms with Gasteiger partial charge in [-0.1, -0.05) is 39.5 Å². The number of rotatable bonds is 10. The molecule has 0 bridgehead atoms. The molecule has 0 aromatic carbocycles. The molecule has 0 fully saturated rings. The minimum atomic E-state index is -7.83. The average Bonchev–Trinajstić information content (AvgIpc) is 2.49. The highest BCUT2D eigenvalue weighted by molar-refractivity contribution is 5.10. The predicted molar refractivity (Wildman–Crippen MR) is 68.7 cm³/mol. The van der Waals surface area contributed by atoms with Gasteiger partial charge in [0.05, 0.1) is 0 Å². The van der Waals surface area contributed by atoms with Crippen LogP contribution in [0.4, 0.5) is 57.1 Å². The summed E-state index contributed by atoms with van der Waals surface area (Å²) in [5.41, 5.74) is 0. The largest absolute Gasteiger partial charge is 0.460 e. The fraction of sp³-hybridized carbons (Fsp3) is 1.00. The van der Waals surface area contributed by atoms with Gasteiger partial charge in [-0.3, -0.25) is 0 Å². The van der Waals surface area contributed by atoms with Gasteiger partial charge < -0.3 is 0 Å². The third-order valence-corrected chi connectivity index (χ3v) is 4.07. The molecule has 1 unspecified atom stereocenters. The molecule has 0 aliphatic heterocycles. The van der Waals surface area contributed by atoms with E-state index in [1.165, 1.54) is 0 Å². The summed E-state index contributed by atoms with van der Waals surface area (Å²) in [5, 5.41) is 0. The first-order valence-corrected chi connectivity index (χ1v) is 7.69. The summed E-state index contributed by atoms with van der Waals surface area (Å²) >= 11 is 0. The molecule has 0 aliphatic rings. The maximum atomic E-state index is 13.7. The van der Waals surface area contributed by atoms with E-state index in [9.17, 15) is 57.1 Å². The van der Waals surface area contributed by atoms with E-state index in [0.717, 1.165) is 0 Å². The van der Waals surface area contributed by atoms with Crippen molar-refractivity contribution in [1.82, 2.24) is 0 Å². The van der Waals surface area contributed by atoms with Crippen LogP contribution in [0.25, 0.3) is 0 Å². The van der Waals surface area contributed by atoms with Crippen LogP contribution in [0.15, 0.2) is 0 Å². The maximum Gasteiger partial charge on any atom is 0.460 e. The molecule has 0 rings (SSSR count). The summed E-state index contributed by atoms with van der Waals surface area (Å²) in [6.07, 6.45) is -7.18. The Bertz CT molecular complexity index is 478. The molecule has 0 N–H and O–H groups in total. The van der Waals surface area contributed by atoms with Gasteiger partial charge in [-0.15, -0.1) is 0 Å². The molecule has 164 valence electrons. The minimum Gasteiger partial charge on any atom is -0.199 e. The summed E-state index contributed by atoms with van der Waals surface area (Å²) < 4.78 is 169. The van der Waals surface area contributed by atoms with Gasteiger partial charge >= 0.3 is 35.8 Å². The van der Waals surface area contributed by atoms with E-state index < -0.39 is 48.1 Å². The zero-order valence-electron chi connectivity index (χ0n) is 14.0. The zero-order chi connectivity index (χ0) is 22.1. The Morgan fingerprint density at radius 2 is 0.963 bits per heavy atom. The van der Waals surface area contributed by atoms with Crippen LogP contribution in [-0.2, 0) is 0 Å². The first-order valence-electron chi connectivity index (χ1n) is 7.69. The summed E-state index contributed by atoms with van der Waals surface area (Å²) in [7, 11) is 0. The van der Waals surface area contributed by atoms with Crippen LogP contribution in [0.1, 0.15) is 46.0 Å². The van der Waals surface area contributed by atoms with Gasteiger partial charge in [0.2, 0.25) is 0 Å². The topological polar surface area (TPSA) is 0 Å². The van der Waals surface area contributed by atoms with Crippen molar-refractivity contribution in [1.29, 1.82) is 0 Å². The number of halogens is 13. The SMILES string of the molecule is CCCCCCC(C)C(F)(F)C(F)(F)C(F)(F)C(F)(F)C(F)(F)C(F)(F)F. The number of hydrogen-bond donors (Lipinski definition) is 0. The lowest BCUT2D eigenvalue weighted by atomic mass is 9.86. The maximum absolute atomic E-state index is 13.7. The lowest BCUT2D eigenvalue weighted by Crippen LogP contribution is -2.70. The third kappa shape index (κ3) is 4.25. The smallest absolute Gasteiger partial charge is 0.199 e. The van der Waals surface area contributed by atoms with Gasteiger partial charge in [-0.2, -0.15) is 57.1 Å². The molecule has 0 aromatic rings. The minimum absolute atomic E-state index is 0.193. The van der Waals surface area contributed by atoms with Crippen molar-refractivity contribution in [2.45, 2.75) is 81.7 Å². The molecular weight excluding hydrogens is 415 g/mol. The molecule has 0 aromatic heterocycles. The second-order valence-corrected chi connectivity index (χ2v) is 6.17. The summed E-state index contributed by atoms with van der Waals surface area (Å²) in [6, 6.07) is 0. The molecule has 1 atom stereocenters. The van der Waals surface area contributed by atoms with Gasteiger partial charge in [0, 0.05) is 5.92 Å². The van der Waals surface area contributed by atoms with Crippen LogP contribution < -0.4 is 0 Å². The molecule has 0 nitrogen and oxygen atoms in total. The predicted octanol–water partition coefficient (Wildman–Crippen LogP) is 7.33. The van der Waals surface area contributed by atoms with Crippen molar-refractivity contribution in [3.05, 3.63) is 0 Å². The van der Waals surface area contributed by atoms with Gasteiger partial charge in [0.15, 0.2) is 0 Å². The third-order valence-electron chi connectivity index (χ3n) is 4.07. The summed E-state index contributed by atoms with van der Waals surface area (Å²) in [5.74, 6) is -39.0. The van der Waals surface area contributed by atoms with Crippen LogP contribution >= 0.6 is 0 Å². The van der Waals surface area contributed by atoms with E-state index >= 15 is 0 Å². The van der Waals surface area contributed by atoms with E-state index in [1.807, 2.05) is 0 Å². The molecule has 13 heteroatoms. The molecule has 0 spiro atoms. The Morgan fingerprint density at radius 3 is 1.33 bits per heavy atom. The second-order valence-electron chi connectivity index (χ2n) is 6.17. The van der Waals surface area contributed by atoms with Crippen molar-refractivity contribution >= 4 is 0 Å². The van der Waals surface area contributed by atoms with E-state index in [0.29, 0.717) is 12.8 Å². The number of hydrogen-bond acceptors (Lipinski definition) is 0. The van der Waals surface area contributed by atoms with Crippen molar-refractivity contribution in [3.8, 4) is 0 Å². The Morgan fingerprint density at radius 1 is 0.556 bits per heavy atom. The highest BCUT2D eigenvalue weighted by Crippen LogP contribution is 2.61. The van der Waals surface area contributed by atoms with Crippen LogP contribution in [0.3, 0.4) is 0 Å². The van der Waals surface area contributed by atoms with Crippen LogP contribution in [0, 0.1) is 5.92 Å². The van der Waals surface area contributed by atoms with Crippen molar-refractivity contribution in [3.63, 3.8) is 0 Å². The number of unbranched alkanes of at least 4 members (excludes halogenated alkanes) is 3. The lowest BCUT2D eigenvalue weighted by Gasteiger charge is -2.41. The Labute approximate surface area is 146 Å². The fourth-order valence-corrected chi connectivity index (χ4v) is 2.15. The summed E-state index contributed by atoms with van der Waals surface area (Å²) in [4.78, 5) is 0. The normalized spacial score (nSPS) is 16.6.